The van der Waals surface area contributed by atoms with E-state index in [-0.39, 0.29) is 12.5 Å². The number of hydrogen-bond acceptors (Lipinski definition) is 4. The van der Waals surface area contributed by atoms with Crippen LogP contribution in [0.2, 0.25) is 0 Å². The van der Waals surface area contributed by atoms with Gasteiger partial charge in [0, 0.05) is 20.3 Å². The molecule has 0 bridgehead atoms. The summed E-state index contributed by atoms with van der Waals surface area (Å²) in [5.74, 6) is -0.156. The van der Waals surface area contributed by atoms with Crippen molar-refractivity contribution in [1.82, 2.24) is 5.32 Å². The van der Waals surface area contributed by atoms with Gasteiger partial charge in [-0.25, -0.2) is 0 Å². The normalized spacial score (nSPS) is 12.5. The number of aliphatic hydroxyl groups is 1. The molecule has 0 fully saturated rings. The standard InChI is InChI=1S/C9H19NO4/c1-3-14-7-9(12)10-5-4-8(11)6-13-2/h8,11H,3-7H2,1-2H3,(H,10,12). The van der Waals surface area contributed by atoms with Crippen LogP contribution < -0.4 is 5.32 Å². The summed E-state index contributed by atoms with van der Waals surface area (Å²) < 4.78 is 9.64. The van der Waals surface area contributed by atoms with Crippen molar-refractivity contribution in [3.05, 3.63) is 0 Å². The van der Waals surface area contributed by atoms with Crippen molar-refractivity contribution in [1.29, 1.82) is 0 Å². The number of amides is 1. The average Bonchev–Trinajstić information content (AvgIpc) is 2.15. The molecule has 0 saturated heterocycles. The van der Waals surface area contributed by atoms with Crippen LogP contribution in [-0.2, 0) is 14.3 Å². The van der Waals surface area contributed by atoms with Crippen LogP contribution in [0.4, 0.5) is 0 Å². The molecule has 5 heteroatoms. The Morgan fingerprint density at radius 2 is 2.29 bits per heavy atom. The van der Waals surface area contributed by atoms with E-state index in [1.807, 2.05) is 6.92 Å². The number of methoxy groups -OCH3 is 1. The molecular weight excluding hydrogens is 186 g/mol. The van der Waals surface area contributed by atoms with E-state index in [1.165, 1.54) is 7.11 Å². The van der Waals surface area contributed by atoms with Crippen molar-refractivity contribution < 1.29 is 19.4 Å². The van der Waals surface area contributed by atoms with E-state index in [0.717, 1.165) is 0 Å². The van der Waals surface area contributed by atoms with Gasteiger partial charge in [-0.05, 0) is 13.3 Å². The SMILES string of the molecule is CCOCC(=O)NCCC(O)COC. The van der Waals surface area contributed by atoms with Gasteiger partial charge >= 0.3 is 0 Å². The molecule has 84 valence electrons. The van der Waals surface area contributed by atoms with Gasteiger partial charge in [0.15, 0.2) is 0 Å². The Morgan fingerprint density at radius 3 is 2.86 bits per heavy atom. The van der Waals surface area contributed by atoms with Crippen molar-refractivity contribution in [2.24, 2.45) is 0 Å². The molecule has 0 aliphatic carbocycles. The zero-order chi connectivity index (χ0) is 10.8. The highest BCUT2D eigenvalue weighted by atomic mass is 16.5. The maximum atomic E-state index is 11.0. The summed E-state index contributed by atoms with van der Waals surface area (Å²) in [6.07, 6.45) is -0.0292. The first-order valence-corrected chi connectivity index (χ1v) is 4.72. The van der Waals surface area contributed by atoms with Crippen molar-refractivity contribution >= 4 is 5.91 Å². The summed E-state index contributed by atoms with van der Waals surface area (Å²) in [5, 5.41) is 11.9. The molecule has 0 aromatic rings. The summed E-state index contributed by atoms with van der Waals surface area (Å²) in [5.41, 5.74) is 0. The molecule has 1 atom stereocenters. The van der Waals surface area contributed by atoms with Crippen LogP contribution in [-0.4, -0.2) is 50.6 Å². The van der Waals surface area contributed by atoms with Gasteiger partial charge < -0.3 is 19.9 Å². The fourth-order valence-electron chi connectivity index (χ4n) is 0.900. The minimum absolute atomic E-state index is 0.0802. The molecule has 0 saturated carbocycles. The number of carbonyl (C=O) groups is 1. The maximum absolute atomic E-state index is 11.0. The van der Waals surface area contributed by atoms with E-state index in [2.05, 4.69) is 5.32 Å². The fourth-order valence-corrected chi connectivity index (χ4v) is 0.900. The lowest BCUT2D eigenvalue weighted by molar-refractivity contribution is -0.125. The lowest BCUT2D eigenvalue weighted by atomic mass is 10.2. The highest BCUT2D eigenvalue weighted by Gasteiger charge is 2.04. The monoisotopic (exact) mass is 205 g/mol. The second-order valence-corrected chi connectivity index (χ2v) is 2.88. The zero-order valence-electron chi connectivity index (χ0n) is 8.78. The molecule has 0 aliphatic rings. The Bertz CT molecular complexity index is 152. The molecule has 2 N–H and O–H groups in total. The summed E-state index contributed by atoms with van der Waals surface area (Å²) >= 11 is 0. The molecule has 0 spiro atoms. The minimum atomic E-state index is -0.521. The van der Waals surface area contributed by atoms with Crippen molar-refractivity contribution in [2.75, 3.05) is 33.5 Å². The number of carbonyl (C=O) groups excluding carboxylic acids is 1. The van der Waals surface area contributed by atoms with Crippen molar-refractivity contribution in [3.63, 3.8) is 0 Å². The molecular formula is C9H19NO4. The van der Waals surface area contributed by atoms with Crippen molar-refractivity contribution in [2.45, 2.75) is 19.4 Å². The van der Waals surface area contributed by atoms with E-state index in [4.69, 9.17) is 9.47 Å². The van der Waals surface area contributed by atoms with Crippen LogP contribution in [0.15, 0.2) is 0 Å². The first-order chi connectivity index (χ1) is 6.70. The third-order valence-electron chi connectivity index (χ3n) is 1.60. The average molecular weight is 205 g/mol. The maximum Gasteiger partial charge on any atom is 0.245 e. The largest absolute Gasteiger partial charge is 0.391 e. The summed E-state index contributed by atoms with van der Waals surface area (Å²) in [4.78, 5) is 11.0. The fraction of sp³-hybridized carbons (Fsp3) is 0.889. The van der Waals surface area contributed by atoms with Gasteiger partial charge in [-0.1, -0.05) is 0 Å². The number of nitrogens with one attached hydrogen (secondary N) is 1. The highest BCUT2D eigenvalue weighted by Crippen LogP contribution is 1.89. The van der Waals surface area contributed by atoms with Gasteiger partial charge in [-0.2, -0.15) is 0 Å². The number of aliphatic hydroxyl groups excluding tert-OH is 1. The lowest BCUT2D eigenvalue weighted by Crippen LogP contribution is -2.31. The van der Waals surface area contributed by atoms with Crippen LogP contribution in [0.25, 0.3) is 0 Å². The second kappa shape index (κ2) is 8.93. The van der Waals surface area contributed by atoms with Crippen LogP contribution in [0.3, 0.4) is 0 Å². The molecule has 0 aromatic heterocycles. The van der Waals surface area contributed by atoms with Crippen LogP contribution in [0, 0.1) is 0 Å². The predicted octanol–water partition coefficient (Wildman–Crippen LogP) is -0.463. The van der Waals surface area contributed by atoms with E-state index in [1.54, 1.807) is 0 Å². The van der Waals surface area contributed by atoms with Gasteiger partial charge in [0.25, 0.3) is 0 Å². The molecule has 0 aliphatic heterocycles. The molecule has 14 heavy (non-hydrogen) atoms. The zero-order valence-corrected chi connectivity index (χ0v) is 8.78. The van der Waals surface area contributed by atoms with Crippen LogP contribution in [0.1, 0.15) is 13.3 Å². The molecule has 1 amide bonds. The molecule has 0 rings (SSSR count). The smallest absolute Gasteiger partial charge is 0.245 e. The number of ether oxygens (including phenoxy) is 2. The van der Waals surface area contributed by atoms with E-state index >= 15 is 0 Å². The molecule has 1 unspecified atom stereocenters. The number of rotatable bonds is 8. The first-order valence-electron chi connectivity index (χ1n) is 4.72. The van der Waals surface area contributed by atoms with Crippen molar-refractivity contribution in [3.8, 4) is 0 Å². The third kappa shape index (κ3) is 7.97. The van der Waals surface area contributed by atoms with Gasteiger partial charge in [-0.15, -0.1) is 0 Å². The molecule has 5 nitrogen and oxygen atoms in total. The highest BCUT2D eigenvalue weighted by molar-refractivity contribution is 5.77. The summed E-state index contributed by atoms with van der Waals surface area (Å²) in [6.45, 7) is 3.17. The first kappa shape index (κ1) is 13.4. The van der Waals surface area contributed by atoms with E-state index in [0.29, 0.717) is 26.2 Å². The molecule has 0 heterocycles. The van der Waals surface area contributed by atoms with Crippen LogP contribution >= 0.6 is 0 Å². The molecule has 0 radical (unpaired) electrons. The van der Waals surface area contributed by atoms with Gasteiger partial charge in [0.1, 0.15) is 6.61 Å². The van der Waals surface area contributed by atoms with Gasteiger partial charge in [0.05, 0.1) is 12.7 Å². The number of hydrogen-bond donors (Lipinski definition) is 2. The van der Waals surface area contributed by atoms with E-state index < -0.39 is 6.10 Å². The quantitative estimate of drug-likeness (QED) is 0.562. The van der Waals surface area contributed by atoms with Gasteiger partial charge in [0.2, 0.25) is 5.91 Å². The summed E-state index contributed by atoms with van der Waals surface area (Å²) in [6, 6.07) is 0. The Labute approximate surface area is 84.4 Å². The Hall–Kier alpha value is -0.650. The molecule has 0 aromatic carbocycles. The Morgan fingerprint density at radius 1 is 1.57 bits per heavy atom. The second-order valence-electron chi connectivity index (χ2n) is 2.88. The predicted molar refractivity (Wildman–Crippen MR) is 52.0 cm³/mol. The Kier molecular flexibility index (Phi) is 8.51. The third-order valence-corrected chi connectivity index (χ3v) is 1.60. The summed E-state index contributed by atoms with van der Waals surface area (Å²) in [7, 11) is 1.52. The van der Waals surface area contributed by atoms with Gasteiger partial charge in [-0.3, -0.25) is 4.79 Å². The van der Waals surface area contributed by atoms with Crippen LogP contribution in [0.5, 0.6) is 0 Å². The van der Waals surface area contributed by atoms with E-state index in [9.17, 15) is 9.90 Å². The minimum Gasteiger partial charge on any atom is -0.391 e. The topological polar surface area (TPSA) is 67.8 Å². The Balaban J connectivity index is 3.30. The lowest BCUT2D eigenvalue weighted by Gasteiger charge is -2.09.